The Kier molecular flexibility index (Phi) is 6.12. The summed E-state index contributed by atoms with van der Waals surface area (Å²) in [4.78, 5) is 25.0. The van der Waals surface area contributed by atoms with Crippen molar-refractivity contribution >= 4 is 11.8 Å². The highest BCUT2D eigenvalue weighted by Gasteiger charge is 2.25. The predicted octanol–water partition coefficient (Wildman–Crippen LogP) is 0.380. The van der Waals surface area contributed by atoms with Gasteiger partial charge in [-0.25, -0.2) is 0 Å². The number of nitrogens with zero attached hydrogens (tertiary/aromatic N) is 1. The maximum atomic E-state index is 11.8. The maximum Gasteiger partial charge on any atom is 0.241 e. The van der Waals surface area contributed by atoms with Crippen molar-refractivity contribution in [2.75, 3.05) is 26.2 Å². The van der Waals surface area contributed by atoms with Crippen molar-refractivity contribution in [2.45, 2.75) is 33.1 Å². The van der Waals surface area contributed by atoms with Gasteiger partial charge in [-0.15, -0.1) is 0 Å². The molecule has 0 aromatic rings. The van der Waals surface area contributed by atoms with Gasteiger partial charge in [0.2, 0.25) is 11.8 Å². The van der Waals surface area contributed by atoms with Gasteiger partial charge < -0.3 is 15.3 Å². The van der Waals surface area contributed by atoms with Crippen molar-refractivity contribution in [3.63, 3.8) is 0 Å². The number of hydrogen-bond acceptors (Lipinski definition) is 3. The second kappa shape index (κ2) is 7.36. The molecule has 1 fully saturated rings. The zero-order valence-corrected chi connectivity index (χ0v) is 11.3. The topological polar surface area (TPSA) is 69.6 Å². The molecule has 0 spiro atoms. The van der Waals surface area contributed by atoms with Crippen LogP contribution in [-0.4, -0.2) is 48.1 Å². The normalized spacial score (nSPS) is 19.3. The average molecular weight is 256 g/mol. The highest BCUT2D eigenvalue weighted by molar-refractivity contribution is 5.84. The lowest BCUT2D eigenvalue weighted by atomic mass is 10.1. The van der Waals surface area contributed by atoms with Crippen molar-refractivity contribution in [3.8, 4) is 0 Å². The molecule has 2 N–H and O–H groups in total. The lowest BCUT2D eigenvalue weighted by Gasteiger charge is -2.16. The van der Waals surface area contributed by atoms with E-state index in [0.29, 0.717) is 25.4 Å². The van der Waals surface area contributed by atoms with Crippen molar-refractivity contribution in [3.05, 3.63) is 0 Å². The zero-order chi connectivity index (χ0) is 13.5. The van der Waals surface area contributed by atoms with Crippen molar-refractivity contribution < 1.29 is 14.7 Å². The molecule has 18 heavy (non-hydrogen) atoms. The van der Waals surface area contributed by atoms with E-state index < -0.39 is 0 Å². The molecule has 1 heterocycles. The van der Waals surface area contributed by atoms with E-state index in [9.17, 15) is 9.59 Å². The molecular weight excluding hydrogens is 232 g/mol. The van der Waals surface area contributed by atoms with Gasteiger partial charge in [-0.05, 0) is 18.8 Å². The molecule has 0 saturated carbocycles. The van der Waals surface area contributed by atoms with Gasteiger partial charge in [0.15, 0.2) is 0 Å². The summed E-state index contributed by atoms with van der Waals surface area (Å²) in [5, 5.41) is 11.7. The first-order valence-corrected chi connectivity index (χ1v) is 6.68. The Balaban J connectivity index is 2.19. The van der Waals surface area contributed by atoms with Crippen molar-refractivity contribution in [1.29, 1.82) is 0 Å². The number of carbonyl (C=O) groups excluding carboxylic acids is 2. The minimum Gasteiger partial charge on any atom is -0.396 e. The lowest BCUT2D eigenvalue weighted by molar-refractivity contribution is -0.132. The highest BCUT2D eigenvalue weighted by Crippen LogP contribution is 2.14. The van der Waals surface area contributed by atoms with E-state index in [0.717, 1.165) is 12.8 Å². The van der Waals surface area contributed by atoms with Crippen LogP contribution in [0.25, 0.3) is 0 Å². The van der Waals surface area contributed by atoms with E-state index in [1.54, 1.807) is 4.90 Å². The third kappa shape index (κ3) is 5.04. The molecule has 0 radical (unpaired) electrons. The molecule has 104 valence electrons. The number of likely N-dealkylation sites (tertiary alicyclic amines) is 1. The Hall–Kier alpha value is -1.10. The van der Waals surface area contributed by atoms with Crippen LogP contribution in [0.15, 0.2) is 0 Å². The first-order chi connectivity index (χ1) is 8.52. The highest BCUT2D eigenvalue weighted by atomic mass is 16.3. The first kappa shape index (κ1) is 15.0. The van der Waals surface area contributed by atoms with E-state index >= 15 is 0 Å². The quantitative estimate of drug-likeness (QED) is 0.722. The second-order valence-electron chi connectivity index (χ2n) is 5.39. The van der Waals surface area contributed by atoms with Gasteiger partial charge in [0, 0.05) is 32.0 Å². The van der Waals surface area contributed by atoms with Gasteiger partial charge in [-0.1, -0.05) is 13.8 Å². The fourth-order valence-electron chi connectivity index (χ4n) is 2.00. The van der Waals surface area contributed by atoms with Gasteiger partial charge in [-0.3, -0.25) is 9.59 Å². The SMILES string of the molecule is CC(C)CCC(=O)NCC(=O)N1CCC(CO)C1. The largest absolute Gasteiger partial charge is 0.396 e. The first-order valence-electron chi connectivity index (χ1n) is 6.68. The molecule has 1 rings (SSSR count). The van der Waals surface area contributed by atoms with Crippen molar-refractivity contribution in [2.24, 2.45) is 11.8 Å². The minimum absolute atomic E-state index is 0.0520. The minimum atomic E-state index is -0.0602. The summed E-state index contributed by atoms with van der Waals surface area (Å²) in [6.07, 6.45) is 2.17. The van der Waals surface area contributed by atoms with E-state index in [4.69, 9.17) is 5.11 Å². The van der Waals surface area contributed by atoms with Crippen LogP contribution >= 0.6 is 0 Å². The molecule has 5 heteroatoms. The molecule has 0 aromatic carbocycles. The number of nitrogens with one attached hydrogen (secondary N) is 1. The number of carbonyl (C=O) groups is 2. The van der Waals surface area contributed by atoms with Crippen LogP contribution in [0.2, 0.25) is 0 Å². The number of hydrogen-bond donors (Lipinski definition) is 2. The van der Waals surface area contributed by atoms with Gasteiger partial charge in [0.25, 0.3) is 0 Å². The van der Waals surface area contributed by atoms with Gasteiger partial charge in [0.05, 0.1) is 6.54 Å². The lowest BCUT2D eigenvalue weighted by Crippen LogP contribution is -2.39. The van der Waals surface area contributed by atoms with E-state index in [-0.39, 0.29) is 30.9 Å². The molecule has 1 aliphatic heterocycles. The van der Waals surface area contributed by atoms with E-state index in [1.165, 1.54) is 0 Å². The summed E-state index contributed by atoms with van der Waals surface area (Å²) in [6.45, 7) is 5.64. The maximum absolute atomic E-state index is 11.8. The fraction of sp³-hybridized carbons (Fsp3) is 0.846. The van der Waals surface area contributed by atoms with Crippen LogP contribution in [-0.2, 0) is 9.59 Å². The van der Waals surface area contributed by atoms with Crippen molar-refractivity contribution in [1.82, 2.24) is 10.2 Å². The summed E-state index contributed by atoms with van der Waals surface area (Å²) in [7, 11) is 0. The number of rotatable bonds is 6. The van der Waals surface area contributed by atoms with E-state index in [2.05, 4.69) is 19.2 Å². The van der Waals surface area contributed by atoms with Crippen LogP contribution in [0.3, 0.4) is 0 Å². The predicted molar refractivity (Wildman–Crippen MR) is 68.9 cm³/mol. The third-order valence-electron chi connectivity index (χ3n) is 3.28. The van der Waals surface area contributed by atoms with Crippen LogP contribution in [0.4, 0.5) is 0 Å². The summed E-state index contributed by atoms with van der Waals surface area (Å²) >= 11 is 0. The molecule has 0 bridgehead atoms. The third-order valence-corrected chi connectivity index (χ3v) is 3.28. The summed E-state index contributed by atoms with van der Waals surface area (Å²) in [6, 6.07) is 0. The van der Waals surface area contributed by atoms with Crippen LogP contribution in [0.5, 0.6) is 0 Å². The van der Waals surface area contributed by atoms with Gasteiger partial charge >= 0.3 is 0 Å². The second-order valence-corrected chi connectivity index (χ2v) is 5.39. The fourth-order valence-corrected chi connectivity index (χ4v) is 2.00. The Labute approximate surface area is 109 Å². The average Bonchev–Trinajstić information content (AvgIpc) is 2.82. The number of amides is 2. The molecule has 1 aliphatic rings. The van der Waals surface area contributed by atoms with Crippen LogP contribution in [0, 0.1) is 11.8 Å². The Morgan fingerprint density at radius 2 is 2.17 bits per heavy atom. The number of aliphatic hydroxyl groups is 1. The van der Waals surface area contributed by atoms with Crippen LogP contribution < -0.4 is 5.32 Å². The van der Waals surface area contributed by atoms with Gasteiger partial charge in [0.1, 0.15) is 0 Å². The number of aliphatic hydroxyl groups excluding tert-OH is 1. The molecular formula is C13H24N2O3. The molecule has 5 nitrogen and oxygen atoms in total. The summed E-state index contributed by atoms with van der Waals surface area (Å²) in [5.41, 5.74) is 0. The summed E-state index contributed by atoms with van der Waals surface area (Å²) in [5.74, 6) is 0.583. The molecule has 0 aromatic heterocycles. The molecule has 1 atom stereocenters. The Morgan fingerprint density at radius 1 is 1.44 bits per heavy atom. The molecule has 2 amide bonds. The van der Waals surface area contributed by atoms with Crippen LogP contribution in [0.1, 0.15) is 33.1 Å². The van der Waals surface area contributed by atoms with Gasteiger partial charge in [-0.2, -0.15) is 0 Å². The summed E-state index contributed by atoms with van der Waals surface area (Å²) < 4.78 is 0. The molecule has 1 unspecified atom stereocenters. The molecule has 1 saturated heterocycles. The smallest absolute Gasteiger partial charge is 0.241 e. The monoisotopic (exact) mass is 256 g/mol. The molecule has 0 aliphatic carbocycles. The zero-order valence-electron chi connectivity index (χ0n) is 11.3. The Bertz CT molecular complexity index is 292. The standard InChI is InChI=1S/C13H24N2O3/c1-10(2)3-4-12(17)14-7-13(18)15-6-5-11(8-15)9-16/h10-11,16H,3-9H2,1-2H3,(H,14,17). The Morgan fingerprint density at radius 3 is 2.72 bits per heavy atom. The van der Waals surface area contributed by atoms with E-state index in [1.807, 2.05) is 0 Å².